The summed E-state index contributed by atoms with van der Waals surface area (Å²) in [6.45, 7) is 3.02. The van der Waals surface area contributed by atoms with Crippen LogP contribution in [-0.4, -0.2) is 36.8 Å². The van der Waals surface area contributed by atoms with E-state index in [4.69, 9.17) is 17.0 Å². The lowest BCUT2D eigenvalue weighted by atomic mass is 10.0. The molecule has 3 rings (SSSR count). The largest absolute Gasteiger partial charge is 0.497 e. The van der Waals surface area contributed by atoms with Gasteiger partial charge in [0, 0.05) is 23.4 Å². The predicted molar refractivity (Wildman–Crippen MR) is 118 cm³/mol. The van der Waals surface area contributed by atoms with Crippen LogP contribution in [0, 0.1) is 10.1 Å². The lowest BCUT2D eigenvalue weighted by molar-refractivity contribution is -0.934. The number of quaternary nitrogens is 1. The van der Waals surface area contributed by atoms with Gasteiger partial charge in [0.15, 0.2) is 5.11 Å². The molecular weight excluding hydrogens is 388 g/mol. The first-order chi connectivity index (χ1) is 14.1. The number of hydrogen-bond donors (Lipinski definition) is 3. The fourth-order valence-corrected chi connectivity index (χ4v) is 3.93. The minimum absolute atomic E-state index is 0.0581. The summed E-state index contributed by atoms with van der Waals surface area (Å²) in [7, 11) is 1.67. The van der Waals surface area contributed by atoms with E-state index in [0.29, 0.717) is 11.7 Å². The number of anilines is 1. The minimum Gasteiger partial charge on any atom is -0.497 e. The van der Waals surface area contributed by atoms with Crippen LogP contribution >= 0.6 is 12.2 Å². The molecule has 154 valence electrons. The summed E-state index contributed by atoms with van der Waals surface area (Å²) in [6.07, 6.45) is 3.79. The highest BCUT2D eigenvalue weighted by Gasteiger charge is 2.26. The number of hydrogen-bond acceptors (Lipinski definition) is 4. The summed E-state index contributed by atoms with van der Waals surface area (Å²) >= 11 is 5.44. The second-order valence-electron chi connectivity index (χ2n) is 7.18. The molecular formula is C21H27N4O3S+. The van der Waals surface area contributed by atoms with Crippen LogP contribution in [0.2, 0.25) is 0 Å². The van der Waals surface area contributed by atoms with Gasteiger partial charge < -0.3 is 20.3 Å². The summed E-state index contributed by atoms with van der Waals surface area (Å²) in [5.74, 6) is 0.851. The van der Waals surface area contributed by atoms with Gasteiger partial charge in [-0.1, -0.05) is 0 Å². The van der Waals surface area contributed by atoms with Crippen molar-refractivity contribution in [2.45, 2.75) is 25.3 Å². The van der Waals surface area contributed by atoms with E-state index in [1.807, 2.05) is 12.1 Å². The van der Waals surface area contributed by atoms with Crippen LogP contribution in [0.15, 0.2) is 48.5 Å². The van der Waals surface area contributed by atoms with Crippen molar-refractivity contribution in [3.63, 3.8) is 0 Å². The Hall–Kier alpha value is -2.71. The normalized spacial score (nSPS) is 15.3. The molecule has 7 nitrogen and oxygen atoms in total. The van der Waals surface area contributed by atoms with Crippen LogP contribution in [0.1, 0.15) is 30.9 Å². The molecule has 1 fully saturated rings. The first kappa shape index (κ1) is 21.0. The third-order valence-electron chi connectivity index (χ3n) is 5.31. The molecule has 29 heavy (non-hydrogen) atoms. The number of nitro benzene ring substituents is 1. The van der Waals surface area contributed by atoms with Crippen LogP contribution in [0.5, 0.6) is 5.75 Å². The molecule has 1 heterocycles. The van der Waals surface area contributed by atoms with E-state index in [1.165, 1.54) is 37.0 Å². The molecule has 3 N–H and O–H groups in total. The van der Waals surface area contributed by atoms with Crippen molar-refractivity contribution in [2.24, 2.45) is 0 Å². The standard InChI is InChI=1S/C21H26N4O3S/c1-28-19-11-5-16(6-12-19)20(24-13-3-2-4-14-24)15-22-21(29)23-17-7-9-18(10-8-17)25(26)27/h5-12,20H,2-4,13-15H2,1H3,(H2,22,23,29)/p+1/t20-/m1/s1. The van der Waals surface area contributed by atoms with E-state index in [0.717, 1.165) is 24.5 Å². The number of rotatable bonds is 7. The van der Waals surface area contributed by atoms with E-state index in [-0.39, 0.29) is 11.7 Å². The summed E-state index contributed by atoms with van der Waals surface area (Å²) < 4.78 is 5.29. The Kier molecular flexibility index (Phi) is 7.37. The first-order valence-corrected chi connectivity index (χ1v) is 10.3. The number of likely N-dealkylation sites (tertiary alicyclic amines) is 1. The molecule has 1 aliphatic rings. The number of nitrogens with one attached hydrogen (secondary N) is 3. The number of thiocarbonyl (C=S) groups is 1. The Morgan fingerprint density at radius 1 is 1.14 bits per heavy atom. The summed E-state index contributed by atoms with van der Waals surface area (Å²) in [4.78, 5) is 11.9. The Balaban J connectivity index is 1.63. The zero-order valence-corrected chi connectivity index (χ0v) is 17.3. The van der Waals surface area contributed by atoms with Crippen molar-refractivity contribution in [2.75, 3.05) is 32.1 Å². The van der Waals surface area contributed by atoms with Gasteiger partial charge >= 0.3 is 0 Å². The zero-order chi connectivity index (χ0) is 20.6. The third kappa shape index (κ3) is 5.88. The zero-order valence-electron chi connectivity index (χ0n) is 16.5. The van der Waals surface area contributed by atoms with Crippen LogP contribution in [0.3, 0.4) is 0 Å². The molecule has 0 bridgehead atoms. The van der Waals surface area contributed by atoms with Crippen molar-refractivity contribution < 1.29 is 14.6 Å². The van der Waals surface area contributed by atoms with Crippen LogP contribution in [-0.2, 0) is 0 Å². The average molecular weight is 416 g/mol. The highest BCUT2D eigenvalue weighted by molar-refractivity contribution is 7.80. The van der Waals surface area contributed by atoms with Gasteiger partial charge in [-0.3, -0.25) is 10.1 Å². The van der Waals surface area contributed by atoms with Gasteiger partial charge in [-0.2, -0.15) is 0 Å². The molecule has 0 aliphatic carbocycles. The molecule has 1 atom stereocenters. The third-order valence-corrected chi connectivity index (χ3v) is 5.56. The predicted octanol–water partition coefficient (Wildman–Crippen LogP) is 2.70. The fourth-order valence-electron chi connectivity index (χ4n) is 3.72. The molecule has 0 radical (unpaired) electrons. The minimum atomic E-state index is -0.415. The van der Waals surface area contributed by atoms with E-state index in [9.17, 15) is 10.1 Å². The van der Waals surface area contributed by atoms with Gasteiger partial charge in [-0.25, -0.2) is 0 Å². The number of benzene rings is 2. The molecule has 0 aromatic heterocycles. The second kappa shape index (κ2) is 10.2. The van der Waals surface area contributed by atoms with E-state index in [2.05, 4.69) is 22.8 Å². The Morgan fingerprint density at radius 2 is 1.79 bits per heavy atom. The first-order valence-electron chi connectivity index (χ1n) is 9.84. The molecule has 0 saturated carbocycles. The van der Waals surface area contributed by atoms with Gasteiger partial charge in [0.1, 0.15) is 11.8 Å². The van der Waals surface area contributed by atoms with Crippen molar-refractivity contribution in [3.05, 3.63) is 64.2 Å². The lowest BCUT2D eigenvalue weighted by Gasteiger charge is -2.32. The monoisotopic (exact) mass is 415 g/mol. The van der Waals surface area contributed by atoms with Gasteiger partial charge in [0.25, 0.3) is 5.69 Å². The van der Waals surface area contributed by atoms with Crippen LogP contribution in [0.25, 0.3) is 0 Å². The topological polar surface area (TPSA) is 80.9 Å². The smallest absolute Gasteiger partial charge is 0.269 e. The maximum absolute atomic E-state index is 10.8. The van der Waals surface area contributed by atoms with E-state index >= 15 is 0 Å². The molecule has 0 unspecified atom stereocenters. The molecule has 0 amide bonds. The highest BCUT2D eigenvalue weighted by atomic mass is 32.1. The van der Waals surface area contributed by atoms with Gasteiger partial charge in [-0.15, -0.1) is 0 Å². The Labute approximate surface area is 176 Å². The summed E-state index contributed by atoms with van der Waals surface area (Å²) in [6, 6.07) is 14.8. The SMILES string of the molecule is COc1ccc([C@@H](CNC(=S)Nc2ccc([N+](=O)[O-])cc2)[NH+]2CCCCC2)cc1. The lowest BCUT2D eigenvalue weighted by Crippen LogP contribution is -3.13. The van der Waals surface area contributed by atoms with Gasteiger partial charge in [0.05, 0.1) is 31.7 Å². The number of ether oxygens (including phenoxy) is 1. The number of methoxy groups -OCH3 is 1. The van der Waals surface area contributed by atoms with Gasteiger partial charge in [0.2, 0.25) is 0 Å². The van der Waals surface area contributed by atoms with Crippen molar-refractivity contribution in [3.8, 4) is 5.75 Å². The molecule has 8 heteroatoms. The maximum atomic E-state index is 10.8. The van der Waals surface area contributed by atoms with Crippen molar-refractivity contribution in [1.82, 2.24) is 5.32 Å². The van der Waals surface area contributed by atoms with E-state index in [1.54, 1.807) is 24.1 Å². The number of nitro groups is 1. The molecule has 1 saturated heterocycles. The van der Waals surface area contributed by atoms with E-state index < -0.39 is 4.92 Å². The molecule has 2 aromatic rings. The van der Waals surface area contributed by atoms with Gasteiger partial charge in [-0.05, 0) is 67.9 Å². The number of piperidine rings is 1. The quantitative estimate of drug-likeness (QED) is 0.367. The molecule has 2 aromatic carbocycles. The summed E-state index contributed by atoms with van der Waals surface area (Å²) in [5, 5.41) is 17.7. The Morgan fingerprint density at radius 3 is 2.38 bits per heavy atom. The maximum Gasteiger partial charge on any atom is 0.269 e. The number of non-ortho nitro benzene ring substituents is 1. The highest BCUT2D eigenvalue weighted by Crippen LogP contribution is 2.17. The van der Waals surface area contributed by atoms with Crippen LogP contribution < -0.4 is 20.3 Å². The Bertz CT molecular complexity index is 821. The van der Waals surface area contributed by atoms with Crippen molar-refractivity contribution >= 4 is 28.7 Å². The second-order valence-corrected chi connectivity index (χ2v) is 7.59. The summed E-state index contributed by atoms with van der Waals surface area (Å²) in [5.41, 5.74) is 2.04. The molecule has 0 spiro atoms. The fraction of sp³-hybridized carbons (Fsp3) is 0.381. The molecule has 1 aliphatic heterocycles. The average Bonchev–Trinajstić information content (AvgIpc) is 2.75. The van der Waals surface area contributed by atoms with Crippen molar-refractivity contribution in [1.29, 1.82) is 0 Å². The number of nitrogens with zero attached hydrogens (tertiary/aromatic N) is 1. The van der Waals surface area contributed by atoms with Crippen LogP contribution in [0.4, 0.5) is 11.4 Å².